The number of alkyl halides is 3. The molecule has 3 aromatic rings. The summed E-state index contributed by atoms with van der Waals surface area (Å²) < 4.78 is 39.1. The maximum absolute atomic E-state index is 13.0. The van der Waals surface area contributed by atoms with Crippen LogP contribution in [0, 0.1) is 0 Å². The molecule has 116 valence electrons. The van der Waals surface area contributed by atoms with Gasteiger partial charge in [0.1, 0.15) is 5.69 Å². The largest absolute Gasteiger partial charge is 0.418 e. The van der Waals surface area contributed by atoms with E-state index in [1.165, 1.54) is 36.7 Å². The van der Waals surface area contributed by atoms with Crippen molar-refractivity contribution in [3.63, 3.8) is 0 Å². The van der Waals surface area contributed by atoms with Crippen LogP contribution in [0.2, 0.25) is 0 Å². The number of benzene rings is 1. The van der Waals surface area contributed by atoms with E-state index in [9.17, 15) is 18.0 Å². The van der Waals surface area contributed by atoms with Gasteiger partial charge in [-0.1, -0.05) is 18.2 Å². The Morgan fingerprint density at radius 1 is 0.957 bits per heavy atom. The molecule has 2 aromatic heterocycles. The van der Waals surface area contributed by atoms with Gasteiger partial charge in [-0.3, -0.25) is 14.8 Å². The van der Waals surface area contributed by atoms with Gasteiger partial charge in [0.15, 0.2) is 0 Å². The summed E-state index contributed by atoms with van der Waals surface area (Å²) in [5.74, 6) is -0.504. The lowest BCUT2D eigenvalue weighted by atomic mass is 10.1. The van der Waals surface area contributed by atoms with Crippen LogP contribution in [0.5, 0.6) is 0 Å². The molecule has 1 amide bonds. The zero-order chi connectivity index (χ0) is 16.4. The minimum absolute atomic E-state index is 0.171. The number of amides is 1. The van der Waals surface area contributed by atoms with Crippen LogP contribution in [-0.2, 0) is 6.18 Å². The first-order valence-electron chi connectivity index (χ1n) is 6.64. The van der Waals surface area contributed by atoms with E-state index in [4.69, 9.17) is 0 Å². The van der Waals surface area contributed by atoms with Crippen LogP contribution < -0.4 is 5.32 Å². The number of hydrogen-bond acceptors (Lipinski definition) is 3. The van der Waals surface area contributed by atoms with Gasteiger partial charge in [-0.15, -0.1) is 0 Å². The molecule has 0 saturated carbocycles. The molecule has 0 atom stereocenters. The Bertz CT molecular complexity index is 863. The molecule has 0 unspecified atom stereocenters. The summed E-state index contributed by atoms with van der Waals surface area (Å²) in [4.78, 5) is 19.8. The van der Waals surface area contributed by atoms with Crippen LogP contribution in [0.15, 0.2) is 54.9 Å². The third kappa shape index (κ3) is 2.98. The zero-order valence-corrected chi connectivity index (χ0v) is 11.6. The Labute approximate surface area is 129 Å². The second-order valence-electron chi connectivity index (χ2n) is 4.73. The highest BCUT2D eigenvalue weighted by Gasteiger charge is 2.33. The maximum atomic E-state index is 13.0. The lowest BCUT2D eigenvalue weighted by molar-refractivity contribution is -0.136. The van der Waals surface area contributed by atoms with Gasteiger partial charge >= 0.3 is 6.18 Å². The number of pyridine rings is 2. The quantitative estimate of drug-likeness (QED) is 0.780. The van der Waals surface area contributed by atoms with Crippen molar-refractivity contribution >= 4 is 22.5 Å². The first-order valence-corrected chi connectivity index (χ1v) is 6.64. The number of carbonyl (C=O) groups excluding carboxylic acids is 1. The molecular weight excluding hydrogens is 307 g/mol. The van der Waals surface area contributed by atoms with Crippen molar-refractivity contribution in [1.29, 1.82) is 0 Å². The van der Waals surface area contributed by atoms with Crippen LogP contribution in [0.25, 0.3) is 10.9 Å². The summed E-state index contributed by atoms with van der Waals surface area (Å²) in [6.45, 7) is 0. The molecule has 7 heteroatoms. The Balaban J connectivity index is 2.04. The molecule has 3 rings (SSSR count). The summed E-state index contributed by atoms with van der Waals surface area (Å²) in [6, 6.07) is 9.99. The molecule has 0 saturated heterocycles. The van der Waals surface area contributed by atoms with Gasteiger partial charge in [-0.25, -0.2) is 0 Å². The molecule has 2 heterocycles. The molecule has 0 bridgehead atoms. The van der Waals surface area contributed by atoms with Gasteiger partial charge in [0.2, 0.25) is 0 Å². The topological polar surface area (TPSA) is 54.9 Å². The van der Waals surface area contributed by atoms with Gasteiger partial charge in [-0.2, -0.15) is 13.2 Å². The van der Waals surface area contributed by atoms with Crippen molar-refractivity contribution in [1.82, 2.24) is 9.97 Å². The first kappa shape index (κ1) is 15.0. The molecule has 0 aliphatic carbocycles. The van der Waals surface area contributed by atoms with E-state index in [2.05, 4.69) is 15.3 Å². The van der Waals surface area contributed by atoms with Crippen LogP contribution in [0.3, 0.4) is 0 Å². The number of carbonyl (C=O) groups is 1. The number of halogens is 3. The highest BCUT2D eigenvalue weighted by atomic mass is 19.4. The Kier molecular flexibility index (Phi) is 3.69. The van der Waals surface area contributed by atoms with E-state index in [1.54, 1.807) is 12.1 Å². The van der Waals surface area contributed by atoms with Gasteiger partial charge in [0.05, 0.1) is 16.8 Å². The molecule has 0 radical (unpaired) electrons. The van der Waals surface area contributed by atoms with Crippen molar-refractivity contribution in [3.05, 3.63) is 66.1 Å². The van der Waals surface area contributed by atoms with Crippen molar-refractivity contribution < 1.29 is 18.0 Å². The normalized spacial score (nSPS) is 11.4. The molecule has 0 spiro atoms. The number of aromatic nitrogens is 2. The monoisotopic (exact) mass is 317 g/mol. The Morgan fingerprint density at radius 3 is 2.48 bits per heavy atom. The average molecular weight is 317 g/mol. The smallest absolute Gasteiger partial charge is 0.320 e. The molecular formula is C16H10F3N3O. The van der Waals surface area contributed by atoms with E-state index < -0.39 is 17.6 Å². The SMILES string of the molecule is O=C(Nc1ccnc2c(C(F)(F)F)cccc12)c1ccccn1. The molecule has 0 aliphatic heterocycles. The van der Waals surface area contributed by atoms with Crippen molar-refractivity contribution in [2.24, 2.45) is 0 Å². The van der Waals surface area contributed by atoms with Crippen molar-refractivity contribution in [2.75, 3.05) is 5.32 Å². The van der Waals surface area contributed by atoms with Gasteiger partial charge in [-0.05, 0) is 24.3 Å². The highest BCUT2D eigenvalue weighted by molar-refractivity contribution is 6.07. The summed E-state index contributed by atoms with van der Waals surface area (Å²) in [5, 5.41) is 2.79. The number of nitrogens with one attached hydrogen (secondary N) is 1. The molecule has 0 aliphatic rings. The Morgan fingerprint density at radius 2 is 1.78 bits per heavy atom. The van der Waals surface area contributed by atoms with Crippen LogP contribution in [0.4, 0.5) is 18.9 Å². The fourth-order valence-electron chi connectivity index (χ4n) is 2.20. The third-order valence-electron chi connectivity index (χ3n) is 3.22. The second kappa shape index (κ2) is 5.68. The van der Waals surface area contributed by atoms with Crippen LogP contribution >= 0.6 is 0 Å². The van der Waals surface area contributed by atoms with Crippen molar-refractivity contribution in [2.45, 2.75) is 6.18 Å². The number of rotatable bonds is 2. The number of anilines is 1. The fraction of sp³-hybridized carbons (Fsp3) is 0.0625. The van der Waals surface area contributed by atoms with Crippen molar-refractivity contribution in [3.8, 4) is 0 Å². The summed E-state index contributed by atoms with van der Waals surface area (Å²) in [5.41, 5.74) is -0.635. The zero-order valence-electron chi connectivity index (χ0n) is 11.6. The van der Waals surface area contributed by atoms with E-state index in [0.29, 0.717) is 0 Å². The summed E-state index contributed by atoms with van der Waals surface area (Å²) in [7, 11) is 0. The summed E-state index contributed by atoms with van der Waals surface area (Å²) in [6.07, 6.45) is -1.83. The van der Waals surface area contributed by atoms with E-state index >= 15 is 0 Å². The molecule has 1 aromatic carbocycles. The minimum Gasteiger partial charge on any atom is -0.320 e. The predicted octanol–water partition coefficient (Wildman–Crippen LogP) is 3.90. The lowest BCUT2D eigenvalue weighted by Crippen LogP contribution is -2.14. The lowest BCUT2D eigenvalue weighted by Gasteiger charge is -2.12. The molecule has 23 heavy (non-hydrogen) atoms. The maximum Gasteiger partial charge on any atom is 0.418 e. The fourth-order valence-corrected chi connectivity index (χ4v) is 2.20. The Hall–Kier alpha value is -2.96. The standard InChI is InChI=1S/C16H10F3N3O/c17-16(18,19)11-5-3-4-10-12(7-9-21-14(10)11)22-15(23)13-6-1-2-8-20-13/h1-9H,(H,21,22,23). The van der Waals surface area contributed by atoms with Gasteiger partial charge < -0.3 is 5.32 Å². The van der Waals surface area contributed by atoms with Crippen LogP contribution in [0.1, 0.15) is 16.1 Å². The number of nitrogens with zero attached hydrogens (tertiary/aromatic N) is 2. The average Bonchev–Trinajstić information content (AvgIpc) is 2.54. The molecule has 0 fully saturated rings. The molecule has 4 nitrogen and oxygen atoms in total. The van der Waals surface area contributed by atoms with E-state index in [0.717, 1.165) is 6.07 Å². The number of fused-ring (bicyclic) bond motifs is 1. The van der Waals surface area contributed by atoms with E-state index in [-0.39, 0.29) is 22.3 Å². The van der Waals surface area contributed by atoms with E-state index in [1.807, 2.05) is 0 Å². The molecule has 1 N–H and O–H groups in total. The van der Waals surface area contributed by atoms with Crippen LogP contribution in [-0.4, -0.2) is 15.9 Å². The predicted molar refractivity (Wildman–Crippen MR) is 78.9 cm³/mol. The third-order valence-corrected chi connectivity index (χ3v) is 3.22. The minimum atomic E-state index is -4.52. The van der Waals surface area contributed by atoms with Gasteiger partial charge in [0.25, 0.3) is 5.91 Å². The first-order chi connectivity index (χ1) is 11.0. The number of para-hydroxylation sites is 1. The summed E-state index contributed by atoms with van der Waals surface area (Å²) >= 11 is 0. The second-order valence-corrected chi connectivity index (χ2v) is 4.73. The number of hydrogen-bond donors (Lipinski definition) is 1. The van der Waals surface area contributed by atoms with Gasteiger partial charge in [0, 0.05) is 17.8 Å². The highest BCUT2D eigenvalue weighted by Crippen LogP contribution is 2.35.